The van der Waals surface area contributed by atoms with Crippen molar-refractivity contribution in [3.63, 3.8) is 0 Å². The summed E-state index contributed by atoms with van der Waals surface area (Å²) in [6.07, 6.45) is 4.67. The lowest BCUT2D eigenvalue weighted by Crippen LogP contribution is -2.36. The molecule has 2 N–H and O–H groups in total. The number of hydrogen-bond acceptors (Lipinski definition) is 6. The molecule has 166 valence electrons. The van der Waals surface area contributed by atoms with E-state index in [1.54, 1.807) is 12.1 Å². The minimum atomic E-state index is -3.86. The van der Waals surface area contributed by atoms with Gasteiger partial charge in [-0.1, -0.05) is 19.3 Å². The minimum absolute atomic E-state index is 0.0748. The molecule has 0 atom stereocenters. The molecular weight excluding hydrogens is 420 g/mol. The van der Waals surface area contributed by atoms with Crippen molar-refractivity contribution in [3.05, 3.63) is 53.6 Å². The molecule has 31 heavy (non-hydrogen) atoms. The number of carbonyl (C=O) groups is 2. The summed E-state index contributed by atoms with van der Waals surface area (Å²) in [6.45, 7) is 0. The topological polar surface area (TPSA) is 111 Å². The third-order valence-corrected chi connectivity index (χ3v) is 6.75. The molecule has 1 aliphatic carbocycles. The lowest BCUT2D eigenvalue weighted by molar-refractivity contribution is 0.0600. The van der Waals surface area contributed by atoms with Crippen molar-refractivity contribution < 1.29 is 27.5 Å². The zero-order valence-electron chi connectivity index (χ0n) is 17.5. The third-order valence-electron chi connectivity index (χ3n) is 5.21. The SMILES string of the molecule is COC(=O)c1ccc(NC(=O)c2ccc(OC)c(S(=O)(=O)NC3CCCCC3)c2)cc1. The van der Waals surface area contributed by atoms with Crippen LogP contribution in [-0.4, -0.2) is 40.6 Å². The number of esters is 1. The van der Waals surface area contributed by atoms with E-state index in [1.807, 2.05) is 0 Å². The second kappa shape index (κ2) is 9.93. The fourth-order valence-electron chi connectivity index (χ4n) is 3.54. The van der Waals surface area contributed by atoms with Gasteiger partial charge in [0.2, 0.25) is 10.0 Å². The molecule has 0 heterocycles. The van der Waals surface area contributed by atoms with E-state index in [2.05, 4.69) is 14.8 Å². The van der Waals surface area contributed by atoms with Gasteiger partial charge in [0, 0.05) is 17.3 Å². The van der Waals surface area contributed by atoms with Crippen LogP contribution in [0.1, 0.15) is 52.8 Å². The largest absolute Gasteiger partial charge is 0.495 e. The Hall–Kier alpha value is -2.91. The summed E-state index contributed by atoms with van der Waals surface area (Å²) in [5.74, 6) is -0.793. The van der Waals surface area contributed by atoms with E-state index in [1.165, 1.54) is 44.6 Å². The summed E-state index contributed by atoms with van der Waals surface area (Å²) in [5.41, 5.74) is 0.979. The van der Waals surface area contributed by atoms with E-state index in [0.29, 0.717) is 11.3 Å². The molecule has 2 aromatic carbocycles. The van der Waals surface area contributed by atoms with Gasteiger partial charge in [0.1, 0.15) is 10.6 Å². The molecule has 0 aliphatic heterocycles. The fourth-order valence-corrected chi connectivity index (χ4v) is 5.04. The standard InChI is InChI=1S/C22H26N2O6S/c1-29-19-13-10-16(14-20(19)31(27,28)24-18-6-4-3-5-7-18)21(25)23-17-11-8-15(9-12-17)22(26)30-2/h8-14,18,24H,3-7H2,1-2H3,(H,23,25). The molecule has 1 amide bonds. The molecule has 1 aliphatic rings. The number of hydrogen-bond donors (Lipinski definition) is 2. The van der Waals surface area contributed by atoms with Gasteiger partial charge in [-0.2, -0.15) is 0 Å². The highest BCUT2D eigenvalue weighted by Crippen LogP contribution is 2.27. The number of methoxy groups -OCH3 is 2. The number of anilines is 1. The van der Waals surface area contributed by atoms with Crippen LogP contribution in [0.15, 0.2) is 47.4 Å². The summed E-state index contributed by atoms with van der Waals surface area (Å²) in [6, 6.07) is 10.3. The molecule has 0 radical (unpaired) electrons. The van der Waals surface area contributed by atoms with Crippen LogP contribution in [0.4, 0.5) is 5.69 Å². The van der Waals surface area contributed by atoms with Gasteiger partial charge in [-0.15, -0.1) is 0 Å². The molecule has 8 nitrogen and oxygen atoms in total. The van der Waals surface area contributed by atoms with Crippen LogP contribution in [0.5, 0.6) is 5.75 Å². The number of sulfonamides is 1. The van der Waals surface area contributed by atoms with Crippen LogP contribution >= 0.6 is 0 Å². The van der Waals surface area contributed by atoms with Crippen LogP contribution in [0, 0.1) is 0 Å². The van der Waals surface area contributed by atoms with E-state index >= 15 is 0 Å². The van der Waals surface area contributed by atoms with Gasteiger partial charge in [0.05, 0.1) is 19.8 Å². The second-order valence-electron chi connectivity index (χ2n) is 7.34. The predicted octanol–water partition coefficient (Wildman–Crippen LogP) is 3.35. The van der Waals surface area contributed by atoms with Crippen LogP contribution in [0.3, 0.4) is 0 Å². The molecule has 0 bridgehead atoms. The highest BCUT2D eigenvalue weighted by Gasteiger charge is 2.26. The Morgan fingerprint density at radius 1 is 0.935 bits per heavy atom. The van der Waals surface area contributed by atoms with E-state index in [9.17, 15) is 18.0 Å². The van der Waals surface area contributed by atoms with Gasteiger partial charge in [0.15, 0.2) is 0 Å². The predicted molar refractivity (Wildman–Crippen MR) is 116 cm³/mol. The van der Waals surface area contributed by atoms with Crippen molar-refractivity contribution in [1.29, 1.82) is 0 Å². The van der Waals surface area contributed by atoms with Crippen molar-refractivity contribution in [1.82, 2.24) is 4.72 Å². The molecule has 3 rings (SSSR count). The molecule has 0 unspecified atom stereocenters. The molecular formula is C22H26N2O6S. The number of benzene rings is 2. The lowest BCUT2D eigenvalue weighted by Gasteiger charge is -2.23. The first kappa shape index (κ1) is 22.8. The number of amides is 1. The highest BCUT2D eigenvalue weighted by atomic mass is 32.2. The van der Waals surface area contributed by atoms with E-state index in [-0.39, 0.29) is 22.3 Å². The monoisotopic (exact) mass is 446 g/mol. The first-order valence-electron chi connectivity index (χ1n) is 10.0. The van der Waals surface area contributed by atoms with Crippen molar-refractivity contribution in [2.45, 2.75) is 43.0 Å². The molecule has 1 fully saturated rings. The normalized spacial score (nSPS) is 14.6. The zero-order chi connectivity index (χ0) is 22.4. The molecule has 0 aromatic heterocycles. The fraction of sp³-hybridized carbons (Fsp3) is 0.364. The zero-order valence-corrected chi connectivity index (χ0v) is 18.3. The average molecular weight is 447 g/mol. The van der Waals surface area contributed by atoms with Crippen molar-refractivity contribution >= 4 is 27.6 Å². The lowest BCUT2D eigenvalue weighted by atomic mass is 9.96. The smallest absolute Gasteiger partial charge is 0.337 e. The first-order valence-corrected chi connectivity index (χ1v) is 11.5. The Morgan fingerprint density at radius 3 is 2.19 bits per heavy atom. The maximum atomic E-state index is 13.0. The number of nitrogens with one attached hydrogen (secondary N) is 2. The highest BCUT2D eigenvalue weighted by molar-refractivity contribution is 7.89. The number of carbonyl (C=O) groups excluding carboxylic acids is 2. The van der Waals surface area contributed by atoms with Crippen molar-refractivity contribution in [2.75, 3.05) is 19.5 Å². The van der Waals surface area contributed by atoms with Gasteiger partial charge in [-0.25, -0.2) is 17.9 Å². The second-order valence-corrected chi connectivity index (χ2v) is 9.03. The van der Waals surface area contributed by atoms with Gasteiger partial charge >= 0.3 is 5.97 Å². The van der Waals surface area contributed by atoms with E-state index in [4.69, 9.17) is 4.74 Å². The van der Waals surface area contributed by atoms with Crippen LogP contribution < -0.4 is 14.8 Å². The first-order chi connectivity index (χ1) is 14.8. The Balaban J connectivity index is 1.80. The number of ether oxygens (including phenoxy) is 2. The maximum absolute atomic E-state index is 13.0. The molecule has 0 spiro atoms. The van der Waals surface area contributed by atoms with Gasteiger partial charge in [-0.3, -0.25) is 4.79 Å². The maximum Gasteiger partial charge on any atom is 0.337 e. The minimum Gasteiger partial charge on any atom is -0.495 e. The summed E-state index contributed by atoms with van der Waals surface area (Å²) in [7, 11) is -1.18. The Morgan fingerprint density at radius 2 is 1.58 bits per heavy atom. The Bertz CT molecular complexity index is 1040. The van der Waals surface area contributed by atoms with Crippen LogP contribution in [-0.2, 0) is 14.8 Å². The summed E-state index contributed by atoms with van der Waals surface area (Å²) >= 11 is 0. The van der Waals surface area contributed by atoms with Gasteiger partial charge in [0.25, 0.3) is 5.91 Å². The molecule has 0 saturated heterocycles. The summed E-state index contributed by atoms with van der Waals surface area (Å²) in [4.78, 5) is 24.1. The molecule has 2 aromatic rings. The average Bonchev–Trinajstić information content (AvgIpc) is 2.79. The third kappa shape index (κ3) is 5.62. The van der Waals surface area contributed by atoms with Crippen LogP contribution in [0.2, 0.25) is 0 Å². The van der Waals surface area contributed by atoms with Gasteiger partial charge in [-0.05, 0) is 55.3 Å². The van der Waals surface area contributed by atoms with E-state index in [0.717, 1.165) is 32.1 Å². The Kier molecular flexibility index (Phi) is 7.29. The van der Waals surface area contributed by atoms with Crippen molar-refractivity contribution in [2.24, 2.45) is 0 Å². The van der Waals surface area contributed by atoms with Gasteiger partial charge < -0.3 is 14.8 Å². The van der Waals surface area contributed by atoms with Crippen LogP contribution in [0.25, 0.3) is 0 Å². The Labute approximate surface area is 182 Å². The summed E-state index contributed by atoms with van der Waals surface area (Å²) < 4.78 is 38.6. The summed E-state index contributed by atoms with van der Waals surface area (Å²) in [5, 5.41) is 2.69. The van der Waals surface area contributed by atoms with Crippen molar-refractivity contribution in [3.8, 4) is 5.75 Å². The van der Waals surface area contributed by atoms with E-state index < -0.39 is 21.9 Å². The number of rotatable bonds is 7. The quantitative estimate of drug-likeness (QED) is 0.631. The molecule has 1 saturated carbocycles. The molecule has 9 heteroatoms.